The number of nitrogens with zero attached hydrogens (tertiary/aromatic N) is 2. The predicted molar refractivity (Wildman–Crippen MR) is 77.1 cm³/mol. The number of carbonyl (C=O) groups excluding carboxylic acids is 1. The molecule has 0 aliphatic carbocycles. The first-order chi connectivity index (χ1) is 10.8. The number of halogens is 3. The molecule has 2 heterocycles. The van der Waals surface area contributed by atoms with Crippen molar-refractivity contribution >= 4 is 11.6 Å². The molecule has 2 rings (SSSR count). The summed E-state index contributed by atoms with van der Waals surface area (Å²) in [6, 6.07) is 4.66. The van der Waals surface area contributed by atoms with Gasteiger partial charge in [0.2, 0.25) is 0 Å². The molecular weight excluding hydrogens is 311 g/mol. The zero-order valence-corrected chi connectivity index (χ0v) is 12.2. The Hall–Kier alpha value is -2.64. The van der Waals surface area contributed by atoms with Crippen LogP contribution < -0.4 is 10.5 Å². The number of nitrogen functional groups attached to an aromatic ring is 1. The molecule has 0 unspecified atom stereocenters. The molecule has 0 saturated heterocycles. The lowest BCUT2D eigenvalue weighted by atomic mass is 10.1. The number of aromatic nitrogens is 2. The summed E-state index contributed by atoms with van der Waals surface area (Å²) < 4.78 is 43.3. The van der Waals surface area contributed by atoms with Crippen LogP contribution in [0.4, 0.5) is 19.0 Å². The van der Waals surface area contributed by atoms with Crippen molar-refractivity contribution in [1.82, 2.24) is 9.97 Å². The number of carbonyl (C=O) groups is 1. The maximum Gasteiger partial charge on any atom is 0.433 e. The Morgan fingerprint density at radius 1 is 1.35 bits per heavy atom. The van der Waals surface area contributed by atoms with E-state index in [0.29, 0.717) is 17.9 Å². The number of hydrogen-bond acceptors (Lipinski definition) is 5. The van der Waals surface area contributed by atoms with E-state index in [4.69, 9.17) is 10.5 Å². The van der Waals surface area contributed by atoms with Gasteiger partial charge >= 0.3 is 6.18 Å². The molecule has 122 valence electrons. The molecule has 23 heavy (non-hydrogen) atoms. The van der Waals surface area contributed by atoms with Gasteiger partial charge in [0.1, 0.15) is 23.0 Å². The van der Waals surface area contributed by atoms with E-state index >= 15 is 0 Å². The van der Waals surface area contributed by atoms with Gasteiger partial charge in [-0.3, -0.25) is 4.79 Å². The van der Waals surface area contributed by atoms with Crippen molar-refractivity contribution in [2.24, 2.45) is 0 Å². The van der Waals surface area contributed by atoms with E-state index in [1.807, 2.05) is 0 Å². The average Bonchev–Trinajstić information content (AvgIpc) is 2.49. The number of Topliss-reactive ketones (excluding diaryl/α,β-unsaturated/α-hetero) is 1. The molecule has 2 N–H and O–H groups in total. The van der Waals surface area contributed by atoms with E-state index in [1.54, 1.807) is 6.92 Å². The fourth-order valence-electron chi connectivity index (χ4n) is 1.91. The summed E-state index contributed by atoms with van der Waals surface area (Å²) in [5, 5.41) is 0. The standard InChI is InChI=1S/C15H14F3N3O2/c1-2-23-12-7-14(19)20-8-9(12)6-11(22)10-4-3-5-13(21-10)15(16,17)18/h3-5,7-8H,2,6H2,1H3,(H2,19,20). The lowest BCUT2D eigenvalue weighted by Gasteiger charge is -2.10. The van der Waals surface area contributed by atoms with Crippen LogP contribution in [-0.2, 0) is 12.6 Å². The Morgan fingerprint density at radius 2 is 2.09 bits per heavy atom. The highest BCUT2D eigenvalue weighted by Gasteiger charge is 2.32. The maximum absolute atomic E-state index is 12.6. The molecule has 0 bridgehead atoms. The van der Waals surface area contributed by atoms with Crippen LogP contribution in [0.3, 0.4) is 0 Å². The highest BCUT2D eigenvalue weighted by atomic mass is 19.4. The highest BCUT2D eigenvalue weighted by Crippen LogP contribution is 2.28. The van der Waals surface area contributed by atoms with Gasteiger partial charge < -0.3 is 10.5 Å². The van der Waals surface area contributed by atoms with Crippen molar-refractivity contribution in [3.8, 4) is 5.75 Å². The molecule has 0 aliphatic rings. The van der Waals surface area contributed by atoms with Crippen LogP contribution in [0, 0.1) is 0 Å². The summed E-state index contributed by atoms with van der Waals surface area (Å²) in [7, 11) is 0. The van der Waals surface area contributed by atoms with Crippen LogP contribution in [0.5, 0.6) is 5.75 Å². The lowest BCUT2D eigenvalue weighted by molar-refractivity contribution is -0.141. The molecule has 2 aromatic rings. The van der Waals surface area contributed by atoms with E-state index in [-0.39, 0.29) is 17.9 Å². The van der Waals surface area contributed by atoms with Gasteiger partial charge in [-0.25, -0.2) is 9.97 Å². The summed E-state index contributed by atoms with van der Waals surface area (Å²) in [5.74, 6) is 0.0331. The van der Waals surface area contributed by atoms with Crippen LogP contribution in [-0.4, -0.2) is 22.4 Å². The maximum atomic E-state index is 12.6. The molecule has 5 nitrogen and oxygen atoms in total. The first kappa shape index (κ1) is 16.7. The second kappa shape index (κ2) is 6.64. The third kappa shape index (κ3) is 4.18. The van der Waals surface area contributed by atoms with Crippen LogP contribution in [0.25, 0.3) is 0 Å². The Balaban J connectivity index is 2.26. The van der Waals surface area contributed by atoms with Crippen LogP contribution in [0.2, 0.25) is 0 Å². The third-order valence-corrected chi connectivity index (χ3v) is 2.94. The van der Waals surface area contributed by atoms with Crippen molar-refractivity contribution in [1.29, 1.82) is 0 Å². The monoisotopic (exact) mass is 325 g/mol. The number of alkyl halides is 3. The van der Waals surface area contributed by atoms with E-state index in [2.05, 4.69) is 9.97 Å². The molecular formula is C15H14F3N3O2. The van der Waals surface area contributed by atoms with Gasteiger partial charge in [0.15, 0.2) is 5.78 Å². The number of pyridine rings is 2. The lowest BCUT2D eigenvalue weighted by Crippen LogP contribution is -2.13. The molecule has 2 aromatic heterocycles. The number of nitrogens with two attached hydrogens (primary N) is 1. The van der Waals surface area contributed by atoms with E-state index in [9.17, 15) is 18.0 Å². The molecule has 0 aliphatic heterocycles. The molecule has 0 aromatic carbocycles. The number of ketones is 1. The molecule has 0 atom stereocenters. The molecule has 0 amide bonds. The fourth-order valence-corrected chi connectivity index (χ4v) is 1.91. The highest BCUT2D eigenvalue weighted by molar-refractivity contribution is 5.96. The van der Waals surface area contributed by atoms with Crippen molar-refractivity contribution in [3.05, 3.63) is 47.4 Å². The van der Waals surface area contributed by atoms with Gasteiger partial charge in [-0.15, -0.1) is 0 Å². The summed E-state index contributed by atoms with van der Waals surface area (Å²) in [4.78, 5) is 19.4. The van der Waals surface area contributed by atoms with E-state index in [1.165, 1.54) is 18.3 Å². The van der Waals surface area contributed by atoms with Crippen LogP contribution in [0.1, 0.15) is 28.7 Å². The smallest absolute Gasteiger partial charge is 0.433 e. The Labute approximate surface area is 130 Å². The first-order valence-corrected chi connectivity index (χ1v) is 6.76. The summed E-state index contributed by atoms with van der Waals surface area (Å²) >= 11 is 0. The second-order valence-electron chi connectivity index (χ2n) is 4.66. The zero-order chi connectivity index (χ0) is 17.0. The van der Waals surface area contributed by atoms with Gasteiger partial charge in [0, 0.05) is 24.2 Å². The van der Waals surface area contributed by atoms with E-state index < -0.39 is 17.7 Å². The van der Waals surface area contributed by atoms with Gasteiger partial charge in [-0.1, -0.05) is 6.07 Å². The Morgan fingerprint density at radius 3 is 2.74 bits per heavy atom. The Kier molecular flexibility index (Phi) is 4.83. The van der Waals surface area contributed by atoms with Gasteiger partial charge in [0.05, 0.1) is 6.61 Å². The third-order valence-electron chi connectivity index (χ3n) is 2.94. The van der Waals surface area contributed by atoms with Crippen molar-refractivity contribution in [2.45, 2.75) is 19.5 Å². The quantitative estimate of drug-likeness (QED) is 0.855. The fraction of sp³-hybridized carbons (Fsp3) is 0.267. The topological polar surface area (TPSA) is 78.1 Å². The minimum atomic E-state index is -4.60. The van der Waals surface area contributed by atoms with Crippen LogP contribution >= 0.6 is 0 Å². The van der Waals surface area contributed by atoms with E-state index in [0.717, 1.165) is 12.1 Å². The van der Waals surface area contributed by atoms with Crippen molar-refractivity contribution in [3.63, 3.8) is 0 Å². The minimum Gasteiger partial charge on any atom is -0.493 e. The second-order valence-corrected chi connectivity index (χ2v) is 4.66. The minimum absolute atomic E-state index is 0.184. The van der Waals surface area contributed by atoms with Crippen molar-refractivity contribution in [2.75, 3.05) is 12.3 Å². The summed E-state index contributed by atoms with van der Waals surface area (Å²) in [6.07, 6.45) is -3.42. The SMILES string of the molecule is CCOc1cc(N)ncc1CC(=O)c1cccc(C(F)(F)F)n1. The molecule has 0 fully saturated rings. The predicted octanol–water partition coefficient (Wildman–Crippen LogP) is 2.90. The molecule has 0 saturated carbocycles. The van der Waals surface area contributed by atoms with Gasteiger partial charge in [0.25, 0.3) is 0 Å². The number of ether oxygens (including phenoxy) is 1. The normalized spacial score (nSPS) is 11.3. The number of anilines is 1. The zero-order valence-electron chi connectivity index (χ0n) is 12.2. The summed E-state index contributed by atoms with van der Waals surface area (Å²) in [6.45, 7) is 2.11. The Bertz CT molecular complexity index is 717. The van der Waals surface area contributed by atoms with Crippen molar-refractivity contribution < 1.29 is 22.7 Å². The first-order valence-electron chi connectivity index (χ1n) is 6.76. The molecule has 0 spiro atoms. The largest absolute Gasteiger partial charge is 0.493 e. The molecule has 0 radical (unpaired) electrons. The van der Waals surface area contributed by atoms with Crippen LogP contribution in [0.15, 0.2) is 30.5 Å². The number of rotatable bonds is 5. The molecule has 8 heteroatoms. The summed E-state index contributed by atoms with van der Waals surface area (Å²) in [5.41, 5.74) is 4.62. The van der Waals surface area contributed by atoms with Gasteiger partial charge in [-0.05, 0) is 19.1 Å². The average molecular weight is 325 g/mol. The van der Waals surface area contributed by atoms with Gasteiger partial charge in [-0.2, -0.15) is 13.2 Å². The number of hydrogen-bond donors (Lipinski definition) is 1.